The lowest BCUT2D eigenvalue weighted by atomic mass is 10.0. The number of hydrogen-bond donors (Lipinski definition) is 1. The minimum atomic E-state index is -3.85. The van der Waals surface area contributed by atoms with Gasteiger partial charge in [0.1, 0.15) is 5.75 Å². The normalized spacial score (nSPS) is 15.9. The second-order valence-corrected chi connectivity index (χ2v) is 11.9. The van der Waals surface area contributed by atoms with Crippen LogP contribution in [0, 0.1) is 11.7 Å². The number of ether oxygens (including phenoxy) is 3. The molecule has 5 rings (SSSR count). The Morgan fingerprint density at radius 2 is 1.85 bits per heavy atom. The Morgan fingerprint density at radius 1 is 1.02 bits per heavy atom. The Hall–Kier alpha value is -3.89. The first-order chi connectivity index (χ1) is 19.8. The largest absolute Gasteiger partial charge is 0.493 e. The molecular weight excluding hydrogens is 545 g/mol. The van der Waals surface area contributed by atoms with E-state index < -0.39 is 15.8 Å². The molecule has 0 bridgehead atoms. The van der Waals surface area contributed by atoms with Crippen molar-refractivity contribution in [3.05, 3.63) is 78.7 Å². The van der Waals surface area contributed by atoms with Gasteiger partial charge in [-0.25, -0.2) is 12.8 Å². The zero-order valence-corrected chi connectivity index (χ0v) is 24.0. The molecule has 0 amide bonds. The van der Waals surface area contributed by atoms with E-state index in [0.29, 0.717) is 34.8 Å². The Morgan fingerprint density at radius 3 is 2.61 bits per heavy atom. The highest BCUT2D eigenvalue weighted by molar-refractivity contribution is 7.92. The Balaban J connectivity index is 1.28. The molecule has 3 aromatic carbocycles. The standard InChI is InChI=1S/C31H34FN3O5S/c1-22-8-6-15-35(21-22)16-7-17-39-31-20-27-25(19-30(31)38-2)28(13-14-33-27)40-29-12-11-23(18-26(29)32)34-41(36,37)24-9-4-3-5-10-24/h3-5,9-14,18-20,22,34H,6-8,15-17,21H2,1-2H3. The number of likely N-dealkylation sites (tertiary alicyclic amines) is 1. The maximum atomic E-state index is 15.0. The summed E-state index contributed by atoms with van der Waals surface area (Å²) in [6.45, 7) is 6.12. The number of aromatic nitrogens is 1. The lowest BCUT2D eigenvalue weighted by Gasteiger charge is -2.30. The molecule has 1 aliphatic rings. The first-order valence-electron chi connectivity index (χ1n) is 13.7. The molecule has 0 radical (unpaired) electrons. The van der Waals surface area contributed by atoms with Crippen molar-refractivity contribution in [3.8, 4) is 23.0 Å². The number of rotatable bonds is 11. The number of nitrogens with zero attached hydrogens (tertiary/aromatic N) is 2. The average Bonchev–Trinajstić information content (AvgIpc) is 2.97. The topological polar surface area (TPSA) is 90.0 Å². The van der Waals surface area contributed by atoms with E-state index in [4.69, 9.17) is 14.2 Å². The van der Waals surface area contributed by atoms with Crippen LogP contribution in [0.4, 0.5) is 10.1 Å². The van der Waals surface area contributed by atoms with Crippen LogP contribution >= 0.6 is 0 Å². The van der Waals surface area contributed by atoms with E-state index in [-0.39, 0.29) is 16.3 Å². The monoisotopic (exact) mass is 579 g/mol. The molecular formula is C31H34FN3O5S. The zero-order valence-electron chi connectivity index (χ0n) is 23.2. The molecule has 1 unspecified atom stereocenters. The molecule has 0 spiro atoms. The fourth-order valence-corrected chi connectivity index (χ4v) is 6.10. The number of pyridine rings is 1. The number of fused-ring (bicyclic) bond motifs is 1. The highest BCUT2D eigenvalue weighted by atomic mass is 32.2. The van der Waals surface area contributed by atoms with Gasteiger partial charge in [0.2, 0.25) is 0 Å². The molecule has 0 aliphatic carbocycles. The molecule has 41 heavy (non-hydrogen) atoms. The summed E-state index contributed by atoms with van der Waals surface area (Å²) >= 11 is 0. The summed E-state index contributed by atoms with van der Waals surface area (Å²) in [4.78, 5) is 7.01. The van der Waals surface area contributed by atoms with Crippen molar-refractivity contribution in [1.82, 2.24) is 9.88 Å². The van der Waals surface area contributed by atoms with E-state index in [0.717, 1.165) is 38.0 Å². The molecule has 1 aliphatic heterocycles. The van der Waals surface area contributed by atoms with Crippen molar-refractivity contribution >= 4 is 26.6 Å². The van der Waals surface area contributed by atoms with Crippen LogP contribution in [0.1, 0.15) is 26.2 Å². The smallest absolute Gasteiger partial charge is 0.261 e. The van der Waals surface area contributed by atoms with Crippen LogP contribution in [0.2, 0.25) is 0 Å². The van der Waals surface area contributed by atoms with Crippen LogP contribution < -0.4 is 18.9 Å². The number of nitrogens with one attached hydrogen (secondary N) is 1. The zero-order chi connectivity index (χ0) is 28.8. The molecule has 10 heteroatoms. The number of piperidine rings is 1. The van der Waals surface area contributed by atoms with Gasteiger partial charge >= 0.3 is 0 Å². The van der Waals surface area contributed by atoms with Crippen LogP contribution in [-0.4, -0.2) is 51.7 Å². The second-order valence-electron chi connectivity index (χ2n) is 10.2. The van der Waals surface area contributed by atoms with Crippen molar-refractivity contribution in [2.24, 2.45) is 5.92 Å². The molecule has 8 nitrogen and oxygen atoms in total. The van der Waals surface area contributed by atoms with Crippen molar-refractivity contribution in [1.29, 1.82) is 0 Å². The summed E-state index contributed by atoms with van der Waals surface area (Å²) in [5, 5.41) is 0.618. The maximum absolute atomic E-state index is 15.0. The van der Waals surface area contributed by atoms with E-state index in [1.807, 2.05) is 0 Å². The average molecular weight is 580 g/mol. The van der Waals surface area contributed by atoms with Gasteiger partial charge < -0.3 is 19.1 Å². The van der Waals surface area contributed by atoms with Gasteiger partial charge in [0, 0.05) is 36.8 Å². The number of methoxy groups -OCH3 is 1. The first-order valence-corrected chi connectivity index (χ1v) is 15.2. The van der Waals surface area contributed by atoms with E-state index in [1.54, 1.807) is 49.7 Å². The van der Waals surface area contributed by atoms with Gasteiger partial charge in [-0.2, -0.15) is 0 Å². The maximum Gasteiger partial charge on any atom is 0.261 e. The molecule has 216 valence electrons. The summed E-state index contributed by atoms with van der Waals surface area (Å²) in [6, 6.07) is 17.0. The van der Waals surface area contributed by atoms with Crippen molar-refractivity contribution in [3.63, 3.8) is 0 Å². The number of benzene rings is 3. The minimum absolute atomic E-state index is 0.0634. The van der Waals surface area contributed by atoms with Gasteiger partial charge in [0.15, 0.2) is 23.1 Å². The molecule has 1 atom stereocenters. The van der Waals surface area contributed by atoms with E-state index in [1.165, 1.54) is 37.1 Å². The van der Waals surface area contributed by atoms with Crippen LogP contribution in [0.5, 0.6) is 23.0 Å². The number of anilines is 1. The summed E-state index contributed by atoms with van der Waals surface area (Å²) in [7, 11) is -2.29. The van der Waals surface area contributed by atoms with Crippen LogP contribution in [0.15, 0.2) is 77.8 Å². The Bertz CT molecular complexity index is 1600. The van der Waals surface area contributed by atoms with E-state index in [9.17, 15) is 8.42 Å². The summed E-state index contributed by atoms with van der Waals surface area (Å²) < 4.78 is 60.2. The molecule has 1 fully saturated rings. The van der Waals surface area contributed by atoms with Gasteiger partial charge in [0.05, 0.1) is 29.8 Å². The van der Waals surface area contributed by atoms with Gasteiger partial charge in [-0.05, 0) is 68.1 Å². The van der Waals surface area contributed by atoms with Crippen LogP contribution in [0.25, 0.3) is 10.9 Å². The fraction of sp³-hybridized carbons (Fsp3) is 0.323. The summed E-state index contributed by atoms with van der Waals surface area (Å²) in [6.07, 6.45) is 5.03. The first kappa shape index (κ1) is 28.6. The van der Waals surface area contributed by atoms with Crippen molar-refractivity contribution < 1.29 is 27.0 Å². The SMILES string of the molecule is COc1cc2c(Oc3ccc(NS(=O)(=O)c4ccccc4)cc3F)ccnc2cc1OCCCN1CCCC(C)C1. The van der Waals surface area contributed by atoms with E-state index >= 15 is 4.39 Å². The quantitative estimate of drug-likeness (QED) is 0.204. The van der Waals surface area contributed by atoms with Crippen molar-refractivity contribution in [2.75, 3.05) is 38.1 Å². The predicted molar refractivity (Wildman–Crippen MR) is 157 cm³/mol. The van der Waals surface area contributed by atoms with Crippen molar-refractivity contribution in [2.45, 2.75) is 31.1 Å². The third-order valence-electron chi connectivity index (χ3n) is 7.06. The molecule has 1 aromatic heterocycles. The minimum Gasteiger partial charge on any atom is -0.493 e. The highest BCUT2D eigenvalue weighted by Crippen LogP contribution is 2.38. The summed E-state index contributed by atoms with van der Waals surface area (Å²) in [5.74, 6) is 1.43. The third-order valence-corrected chi connectivity index (χ3v) is 8.46. The molecule has 1 N–H and O–H groups in total. The predicted octanol–water partition coefficient (Wildman–Crippen LogP) is 6.48. The van der Waals surface area contributed by atoms with Gasteiger partial charge in [-0.15, -0.1) is 0 Å². The lowest BCUT2D eigenvalue weighted by molar-refractivity contribution is 0.169. The third kappa shape index (κ3) is 7.07. The van der Waals surface area contributed by atoms with Gasteiger partial charge in [-0.3, -0.25) is 9.71 Å². The van der Waals surface area contributed by atoms with Gasteiger partial charge in [-0.1, -0.05) is 25.1 Å². The lowest BCUT2D eigenvalue weighted by Crippen LogP contribution is -2.35. The fourth-order valence-electron chi connectivity index (χ4n) is 5.03. The number of hydrogen-bond acceptors (Lipinski definition) is 7. The molecule has 2 heterocycles. The van der Waals surface area contributed by atoms with Gasteiger partial charge in [0.25, 0.3) is 10.0 Å². The molecule has 4 aromatic rings. The summed E-state index contributed by atoms with van der Waals surface area (Å²) in [5.41, 5.74) is 0.687. The molecule has 0 saturated carbocycles. The Kier molecular flexibility index (Phi) is 8.90. The van der Waals surface area contributed by atoms with Crippen LogP contribution in [0.3, 0.4) is 0 Å². The molecule has 1 saturated heterocycles. The number of halogens is 1. The Labute approximate surface area is 240 Å². The number of sulfonamides is 1. The van der Waals surface area contributed by atoms with E-state index in [2.05, 4.69) is 21.5 Å². The second kappa shape index (κ2) is 12.7. The van der Waals surface area contributed by atoms with Crippen LogP contribution in [-0.2, 0) is 10.0 Å². The highest BCUT2D eigenvalue weighted by Gasteiger charge is 2.18.